The number of ether oxygens (including phenoxy) is 1. The van der Waals surface area contributed by atoms with Crippen LogP contribution in [0, 0.1) is 5.92 Å². The van der Waals surface area contributed by atoms with E-state index in [1.807, 2.05) is 49.5 Å². The van der Waals surface area contributed by atoms with Gasteiger partial charge in [-0.25, -0.2) is 4.79 Å². The van der Waals surface area contributed by atoms with Gasteiger partial charge >= 0.3 is 5.97 Å². The number of hydrogen-bond acceptors (Lipinski definition) is 4. The average molecular weight is 485 g/mol. The van der Waals surface area contributed by atoms with E-state index in [0.29, 0.717) is 19.4 Å². The van der Waals surface area contributed by atoms with E-state index < -0.39 is 20.4 Å². The third kappa shape index (κ3) is 8.75. The van der Waals surface area contributed by atoms with Gasteiger partial charge in [-0.2, -0.15) is 0 Å². The number of unbranched alkanes of at least 4 members (excludes halogenated alkanes) is 1. The Morgan fingerprint density at radius 2 is 1.94 bits per heavy atom. The molecule has 0 amide bonds. The summed E-state index contributed by atoms with van der Waals surface area (Å²) in [6.45, 7) is 11.0. The van der Waals surface area contributed by atoms with Crippen molar-refractivity contribution in [3.63, 3.8) is 0 Å². The molecule has 1 unspecified atom stereocenters. The molecule has 0 spiro atoms. The monoisotopic (exact) mass is 484 g/mol. The van der Waals surface area contributed by atoms with Crippen molar-refractivity contribution in [3.05, 3.63) is 59.9 Å². The molecule has 0 saturated carbocycles. The molecule has 0 aliphatic heterocycles. The van der Waals surface area contributed by atoms with Crippen molar-refractivity contribution in [1.82, 2.24) is 0 Å². The lowest BCUT2D eigenvalue weighted by Gasteiger charge is -2.37. The molecular formula is C28H40O5Si. The smallest absolute Gasteiger partial charge is 0.336 e. The molecule has 1 aromatic rings. The van der Waals surface area contributed by atoms with Gasteiger partial charge < -0.3 is 14.3 Å². The Morgan fingerprint density at radius 1 is 1.24 bits per heavy atom. The van der Waals surface area contributed by atoms with Gasteiger partial charge in [-0.15, -0.1) is 5.73 Å². The van der Waals surface area contributed by atoms with Crippen LogP contribution < -0.4 is 4.74 Å². The molecule has 2 atom stereocenters. The van der Waals surface area contributed by atoms with E-state index in [2.05, 4.69) is 32.6 Å². The number of carboxylic acids is 1. The van der Waals surface area contributed by atoms with Crippen molar-refractivity contribution in [3.8, 4) is 5.75 Å². The summed E-state index contributed by atoms with van der Waals surface area (Å²) in [7, 11) is -2.20. The number of hydrogen-bond donors (Lipinski definition) is 1. The normalized spacial score (nSPS) is 17.0. The van der Waals surface area contributed by atoms with Crippen molar-refractivity contribution >= 4 is 20.1 Å². The first-order valence-electron chi connectivity index (χ1n) is 12.2. The Morgan fingerprint density at radius 3 is 2.59 bits per heavy atom. The minimum Gasteiger partial charge on any atom is -0.494 e. The van der Waals surface area contributed by atoms with Gasteiger partial charge in [0.05, 0.1) is 6.61 Å². The van der Waals surface area contributed by atoms with E-state index in [4.69, 9.17) is 9.16 Å². The molecule has 1 aromatic carbocycles. The molecule has 1 aliphatic rings. The van der Waals surface area contributed by atoms with Gasteiger partial charge in [-0.3, -0.25) is 4.79 Å². The van der Waals surface area contributed by atoms with E-state index in [0.717, 1.165) is 31.4 Å². The standard InChI is InChI=1S/C28H40O5Si/c1-28(2,3)34(4,5)33-26(27(30)31)18-11-7-10-17-24-22(19-20-25(24)29)14-12-13-21-32-23-15-8-6-9-16-23/h6-9,15-16,18-19,24,26H,10,12-14,17,20-21H2,1-5H3,(H,30,31)/t11?,24-,26?/m1/s1. The molecule has 0 saturated heterocycles. The van der Waals surface area contributed by atoms with E-state index in [9.17, 15) is 14.7 Å². The number of para-hydroxylation sites is 1. The summed E-state index contributed by atoms with van der Waals surface area (Å²) in [4.78, 5) is 24.0. The molecule has 186 valence electrons. The van der Waals surface area contributed by atoms with Gasteiger partial charge in [0.1, 0.15) is 11.5 Å². The van der Waals surface area contributed by atoms with Gasteiger partial charge in [0.15, 0.2) is 14.4 Å². The molecule has 0 aromatic heterocycles. The first-order chi connectivity index (χ1) is 16.0. The number of carboxylic acid groups (broad SMARTS) is 1. The van der Waals surface area contributed by atoms with Gasteiger partial charge in [0.25, 0.3) is 0 Å². The SMILES string of the molecule is CC(C)(C)[Si](C)(C)OC(C=C=CCC[C@H]1C(=O)CC=C1CCCCOc1ccccc1)C(=O)O. The minimum atomic E-state index is -2.20. The summed E-state index contributed by atoms with van der Waals surface area (Å²) < 4.78 is 11.7. The molecule has 1 N–H and O–H groups in total. The predicted octanol–water partition coefficient (Wildman–Crippen LogP) is 6.72. The van der Waals surface area contributed by atoms with Crippen LogP contribution in [0.4, 0.5) is 0 Å². The second-order valence-electron chi connectivity index (χ2n) is 10.4. The zero-order valence-electron chi connectivity index (χ0n) is 21.3. The summed E-state index contributed by atoms with van der Waals surface area (Å²) in [5, 5.41) is 9.47. The molecule has 0 fully saturated rings. The van der Waals surface area contributed by atoms with Crippen LogP contribution in [0.25, 0.3) is 0 Å². The van der Waals surface area contributed by atoms with Crippen LogP contribution in [0.3, 0.4) is 0 Å². The highest BCUT2D eigenvalue weighted by molar-refractivity contribution is 6.74. The number of aliphatic carboxylic acids is 1. The highest BCUT2D eigenvalue weighted by atomic mass is 28.4. The summed E-state index contributed by atoms with van der Waals surface area (Å²) in [5.74, 6) is 0.123. The summed E-state index contributed by atoms with van der Waals surface area (Å²) in [6, 6.07) is 9.79. The van der Waals surface area contributed by atoms with Crippen molar-refractivity contribution in [2.24, 2.45) is 5.92 Å². The number of carbonyl (C=O) groups excluding carboxylic acids is 1. The summed E-state index contributed by atoms with van der Waals surface area (Å²) in [6.07, 6.45) is 9.16. The number of allylic oxidation sites excluding steroid dienone is 2. The minimum absolute atomic E-state index is 0.0353. The lowest BCUT2D eigenvalue weighted by atomic mass is 9.92. The van der Waals surface area contributed by atoms with Gasteiger partial charge in [-0.05, 0) is 74.5 Å². The van der Waals surface area contributed by atoms with Crippen molar-refractivity contribution in [2.45, 2.75) is 83.5 Å². The molecule has 34 heavy (non-hydrogen) atoms. The second kappa shape index (κ2) is 12.9. The quantitative estimate of drug-likeness (QED) is 0.146. The number of Topliss-reactive ketones (excluding diaryl/α,β-unsaturated/α-hetero) is 1. The molecule has 6 heteroatoms. The maximum Gasteiger partial charge on any atom is 0.336 e. The fraction of sp³-hybridized carbons (Fsp3) is 0.536. The van der Waals surface area contributed by atoms with Crippen LogP contribution in [-0.4, -0.2) is 37.9 Å². The number of rotatable bonds is 13. The Labute approximate surface area is 205 Å². The Bertz CT molecular complexity index is 904. The zero-order chi connectivity index (χ0) is 25.2. The van der Waals surface area contributed by atoms with Gasteiger partial charge in [0, 0.05) is 12.3 Å². The third-order valence-corrected chi connectivity index (χ3v) is 11.2. The number of carbonyl (C=O) groups is 2. The lowest BCUT2D eigenvalue weighted by molar-refractivity contribution is -0.143. The lowest BCUT2D eigenvalue weighted by Crippen LogP contribution is -2.45. The Balaban J connectivity index is 1.79. The first kappa shape index (κ1) is 27.8. The van der Waals surface area contributed by atoms with Crippen molar-refractivity contribution < 1.29 is 23.9 Å². The van der Waals surface area contributed by atoms with E-state index in [1.54, 1.807) is 0 Å². The fourth-order valence-electron chi connectivity index (χ4n) is 3.62. The van der Waals surface area contributed by atoms with Gasteiger partial charge in [-0.1, -0.05) is 50.6 Å². The zero-order valence-corrected chi connectivity index (χ0v) is 22.3. The molecule has 1 aliphatic carbocycles. The molecule has 5 nitrogen and oxygen atoms in total. The molecule has 2 rings (SSSR count). The molecule has 0 radical (unpaired) electrons. The number of ketones is 1. The fourth-order valence-corrected chi connectivity index (χ4v) is 4.78. The molecule has 0 bridgehead atoms. The van der Waals surface area contributed by atoms with E-state index in [1.165, 1.54) is 11.6 Å². The van der Waals surface area contributed by atoms with Gasteiger partial charge in [0.2, 0.25) is 0 Å². The van der Waals surface area contributed by atoms with Crippen LogP contribution in [-0.2, 0) is 14.0 Å². The highest BCUT2D eigenvalue weighted by Gasteiger charge is 2.40. The van der Waals surface area contributed by atoms with Crippen molar-refractivity contribution in [2.75, 3.05) is 6.61 Å². The number of benzene rings is 1. The summed E-state index contributed by atoms with van der Waals surface area (Å²) in [5.41, 5.74) is 4.22. The highest BCUT2D eigenvalue weighted by Crippen LogP contribution is 2.37. The van der Waals surface area contributed by atoms with Crippen LogP contribution in [0.2, 0.25) is 18.1 Å². The summed E-state index contributed by atoms with van der Waals surface area (Å²) >= 11 is 0. The first-order valence-corrected chi connectivity index (χ1v) is 15.1. The molecule has 0 heterocycles. The average Bonchev–Trinajstić information content (AvgIpc) is 3.11. The van der Waals surface area contributed by atoms with E-state index >= 15 is 0 Å². The Kier molecular flexibility index (Phi) is 10.6. The van der Waals surface area contributed by atoms with Crippen LogP contribution >= 0.6 is 0 Å². The maximum atomic E-state index is 12.4. The predicted molar refractivity (Wildman–Crippen MR) is 139 cm³/mol. The van der Waals surface area contributed by atoms with Crippen LogP contribution in [0.1, 0.15) is 59.3 Å². The second-order valence-corrected chi connectivity index (χ2v) is 15.1. The van der Waals surface area contributed by atoms with E-state index in [-0.39, 0.29) is 16.7 Å². The maximum absolute atomic E-state index is 12.4. The largest absolute Gasteiger partial charge is 0.494 e. The third-order valence-electron chi connectivity index (χ3n) is 6.71. The topological polar surface area (TPSA) is 72.8 Å². The van der Waals surface area contributed by atoms with Crippen molar-refractivity contribution in [1.29, 1.82) is 0 Å². The van der Waals surface area contributed by atoms with Crippen LogP contribution in [0.15, 0.2) is 59.9 Å². The van der Waals surface area contributed by atoms with Crippen LogP contribution in [0.5, 0.6) is 5.75 Å². The molecular weight excluding hydrogens is 444 g/mol. The Hall–Kier alpha value is -2.40.